The minimum atomic E-state index is -2.97. The van der Waals surface area contributed by atoms with Crippen molar-refractivity contribution in [3.63, 3.8) is 0 Å². The Hall–Kier alpha value is -0.135. The highest BCUT2D eigenvalue weighted by Crippen LogP contribution is 2.36. The van der Waals surface area contributed by atoms with E-state index in [0.29, 0.717) is 0 Å². The Morgan fingerprint density at radius 2 is 0.464 bits per heavy atom. The number of carboxylic acid groups (broad SMARTS) is 3. The fourth-order valence-corrected chi connectivity index (χ4v) is 50.2. The Labute approximate surface area is 431 Å². The zero-order chi connectivity index (χ0) is 52.9. The first-order valence-electron chi connectivity index (χ1n) is 27.3. The van der Waals surface area contributed by atoms with Crippen LogP contribution in [0.1, 0.15) is 173 Å². The third-order valence-electron chi connectivity index (χ3n) is 11.7. The zero-order valence-corrected chi connectivity index (χ0v) is 55.1. The number of carbonyl (C=O) groups is 3. The van der Waals surface area contributed by atoms with Crippen molar-refractivity contribution >= 4 is 85.9 Å². The minimum Gasteiger partial charge on any atom is -0.481 e. The van der Waals surface area contributed by atoms with Gasteiger partial charge in [-0.2, -0.15) is 0 Å². The molecule has 69 heavy (non-hydrogen) atoms. The first-order chi connectivity index (χ1) is 31.7. The standard InChI is InChI=1S/C48H108O13Si8/c1-62(2,3)55-64(7,8)57-65(9,10)58-66(11,12)59-68(14,44-38-32-26-20-17-23-29-35-41-47(51)52)61-69(15,45-39-33-27-21-18-24-30-36-42-48(53)54)60-67(13,56-63(4,5)6)43-37-31-25-19-16-22-28-34-40-46(49)50/h16-45H2,1-15H3,(H,49,50)(H,51,52)(H,53,54). The van der Waals surface area contributed by atoms with Gasteiger partial charge in [-0.15, -0.1) is 0 Å². The van der Waals surface area contributed by atoms with Crippen molar-refractivity contribution in [1.82, 2.24) is 0 Å². The van der Waals surface area contributed by atoms with Crippen LogP contribution in [0.25, 0.3) is 0 Å². The summed E-state index contributed by atoms with van der Waals surface area (Å²) in [7, 11) is -20.5. The second-order valence-electron chi connectivity index (χ2n) is 23.7. The topological polar surface area (TPSA) is 177 Å². The van der Waals surface area contributed by atoms with Crippen LogP contribution in [0.3, 0.4) is 0 Å². The van der Waals surface area contributed by atoms with Gasteiger partial charge in [0.1, 0.15) is 0 Å². The van der Waals surface area contributed by atoms with Crippen molar-refractivity contribution in [1.29, 1.82) is 0 Å². The molecular formula is C48H108O13Si8. The quantitative estimate of drug-likeness (QED) is 0.0388. The van der Waals surface area contributed by atoms with Crippen LogP contribution in [0.15, 0.2) is 0 Å². The Morgan fingerprint density at radius 3 is 0.725 bits per heavy atom. The summed E-state index contributed by atoms with van der Waals surface area (Å²) in [6.07, 6.45) is 25.7. The maximum Gasteiger partial charge on any atom is 0.317 e. The molecule has 0 saturated carbocycles. The van der Waals surface area contributed by atoms with Gasteiger partial charge < -0.3 is 44.1 Å². The van der Waals surface area contributed by atoms with Crippen molar-refractivity contribution in [3.8, 4) is 0 Å². The maximum absolute atomic E-state index is 11.0. The molecule has 0 bridgehead atoms. The maximum atomic E-state index is 11.0. The molecule has 0 saturated heterocycles. The molecule has 0 aliphatic rings. The van der Waals surface area contributed by atoms with Crippen molar-refractivity contribution in [2.45, 2.75) is 290 Å². The molecule has 410 valence electrons. The van der Waals surface area contributed by atoms with Crippen LogP contribution < -0.4 is 0 Å². The summed E-state index contributed by atoms with van der Waals surface area (Å²) in [4.78, 5) is 32.8. The van der Waals surface area contributed by atoms with Gasteiger partial charge in [-0.3, -0.25) is 14.4 Å². The molecule has 0 aliphatic carbocycles. The van der Waals surface area contributed by atoms with Crippen LogP contribution in [0.2, 0.25) is 116 Å². The average Bonchev–Trinajstić information content (AvgIpc) is 3.13. The number of carboxylic acids is 3. The summed E-state index contributed by atoms with van der Waals surface area (Å²) >= 11 is 0. The van der Waals surface area contributed by atoms with Crippen molar-refractivity contribution < 1.29 is 58.5 Å². The molecule has 0 aromatic carbocycles. The van der Waals surface area contributed by atoms with Crippen LogP contribution in [-0.4, -0.2) is 101 Å². The molecule has 0 aromatic rings. The predicted molar refractivity (Wildman–Crippen MR) is 304 cm³/mol. The van der Waals surface area contributed by atoms with Gasteiger partial charge in [-0.25, -0.2) is 0 Å². The molecule has 3 atom stereocenters. The Bertz CT molecular complexity index is 1420. The number of aliphatic carboxylic acids is 3. The SMILES string of the molecule is C[Si](C)(C)O[Si](C)(C)O[Si](C)(C)O[Si](C)(C)O[Si](C)(CCCCCCCCCCC(=O)O)O[Si](C)(CCCCCCCCCCC(=O)O)O[Si](C)(CCCCCCCCCCC(=O)O)O[Si](C)(C)C. The molecule has 13 nitrogen and oxygen atoms in total. The lowest BCUT2D eigenvalue weighted by molar-refractivity contribution is -0.138. The molecular weight excluding hydrogens is 1010 g/mol. The number of hydrogen-bond donors (Lipinski definition) is 3. The van der Waals surface area contributed by atoms with E-state index in [0.717, 1.165) is 172 Å². The van der Waals surface area contributed by atoms with Gasteiger partial charge in [0.05, 0.1) is 0 Å². The molecule has 3 N–H and O–H groups in total. The van der Waals surface area contributed by atoms with E-state index in [4.69, 9.17) is 44.1 Å². The molecule has 21 heteroatoms. The van der Waals surface area contributed by atoms with E-state index in [9.17, 15) is 14.4 Å². The van der Waals surface area contributed by atoms with Gasteiger partial charge in [-0.05, 0) is 136 Å². The number of rotatable bonds is 47. The summed E-state index contributed by atoms with van der Waals surface area (Å²) < 4.78 is 50.6. The largest absolute Gasteiger partial charge is 0.481 e. The first-order valence-corrected chi connectivity index (χ1v) is 50.1. The monoisotopic (exact) mass is 1120 g/mol. The lowest BCUT2D eigenvalue weighted by Gasteiger charge is -2.46. The Morgan fingerprint density at radius 1 is 0.261 bits per heavy atom. The highest BCUT2D eigenvalue weighted by molar-refractivity contribution is 6.93. The third-order valence-corrected chi connectivity index (χ3v) is 42.5. The molecule has 0 aromatic heterocycles. The van der Waals surface area contributed by atoms with E-state index in [2.05, 4.69) is 98.2 Å². The highest BCUT2D eigenvalue weighted by atomic mass is 28.5. The van der Waals surface area contributed by atoms with Gasteiger partial charge in [0, 0.05) is 19.3 Å². The van der Waals surface area contributed by atoms with E-state index in [1.165, 1.54) is 0 Å². The van der Waals surface area contributed by atoms with E-state index < -0.39 is 85.9 Å². The van der Waals surface area contributed by atoms with Crippen molar-refractivity contribution in [3.05, 3.63) is 0 Å². The molecule has 0 heterocycles. The fraction of sp³-hybridized carbons (Fsp3) is 0.938. The lowest BCUT2D eigenvalue weighted by atomic mass is 10.1. The summed E-state index contributed by atoms with van der Waals surface area (Å²) in [6.45, 7) is 33.1. The third kappa shape index (κ3) is 41.9. The summed E-state index contributed by atoms with van der Waals surface area (Å²) in [6, 6.07) is 2.61. The van der Waals surface area contributed by atoms with Crippen LogP contribution in [0, 0.1) is 0 Å². The Kier molecular flexibility index (Phi) is 34.4. The van der Waals surface area contributed by atoms with Crippen LogP contribution >= 0.6 is 0 Å². The molecule has 0 fully saturated rings. The van der Waals surface area contributed by atoms with Crippen LogP contribution in [0.5, 0.6) is 0 Å². The second kappa shape index (κ2) is 34.4. The Balaban J connectivity index is 6.53. The highest BCUT2D eigenvalue weighted by Gasteiger charge is 2.52. The molecule has 0 amide bonds. The molecule has 0 spiro atoms. The molecule has 0 aliphatic heterocycles. The summed E-state index contributed by atoms with van der Waals surface area (Å²) in [5, 5.41) is 27.0. The van der Waals surface area contributed by atoms with Crippen molar-refractivity contribution in [2.75, 3.05) is 0 Å². The first kappa shape index (κ1) is 68.9. The van der Waals surface area contributed by atoms with E-state index in [1.54, 1.807) is 0 Å². The molecule has 0 rings (SSSR count). The second-order valence-corrected chi connectivity index (χ2v) is 54.6. The zero-order valence-electron chi connectivity index (χ0n) is 47.1. The number of unbranched alkanes of at least 4 members (excludes halogenated alkanes) is 21. The van der Waals surface area contributed by atoms with Gasteiger partial charge in [0.25, 0.3) is 0 Å². The molecule has 0 radical (unpaired) electrons. The van der Waals surface area contributed by atoms with Crippen molar-refractivity contribution in [2.24, 2.45) is 0 Å². The van der Waals surface area contributed by atoms with Gasteiger partial charge in [0.15, 0.2) is 16.6 Å². The summed E-state index contributed by atoms with van der Waals surface area (Å²) in [5.41, 5.74) is 0. The van der Waals surface area contributed by atoms with Gasteiger partial charge >= 0.3 is 69.3 Å². The van der Waals surface area contributed by atoms with Gasteiger partial charge in [-0.1, -0.05) is 135 Å². The predicted octanol–water partition coefficient (Wildman–Crippen LogP) is 15.9. The summed E-state index contributed by atoms with van der Waals surface area (Å²) in [5.74, 6) is -2.14. The molecule has 3 unspecified atom stereocenters. The number of hydrogen-bond acceptors (Lipinski definition) is 10. The fourth-order valence-electron chi connectivity index (χ4n) is 9.78. The van der Waals surface area contributed by atoms with Crippen LogP contribution in [-0.2, 0) is 43.2 Å². The van der Waals surface area contributed by atoms with E-state index >= 15 is 0 Å². The average molecular weight is 1120 g/mol. The minimum absolute atomic E-state index is 0.250. The lowest BCUT2D eigenvalue weighted by Crippen LogP contribution is -2.63. The smallest absolute Gasteiger partial charge is 0.317 e. The van der Waals surface area contributed by atoms with Crippen LogP contribution in [0.4, 0.5) is 0 Å². The van der Waals surface area contributed by atoms with E-state index in [-0.39, 0.29) is 19.3 Å². The van der Waals surface area contributed by atoms with E-state index in [1.807, 2.05) is 0 Å². The van der Waals surface area contributed by atoms with Gasteiger partial charge in [0.2, 0.25) is 0 Å². The normalized spacial score (nSPS) is 15.7.